The normalized spacial score (nSPS) is 7.89. The van der Waals surface area contributed by atoms with E-state index in [4.69, 9.17) is 7.12 Å². The predicted molar refractivity (Wildman–Crippen MR) is 52.6 cm³/mol. The fraction of sp³-hybridized carbons (Fsp3) is 1.00. The molecule has 0 amide bonds. The van der Waals surface area contributed by atoms with Crippen LogP contribution in [0.25, 0.3) is 0 Å². The smallest absolute Gasteiger partial charge is 0.161 e. The molecule has 0 aliphatic rings. The van der Waals surface area contributed by atoms with Crippen LogP contribution >= 0.6 is 23.4 Å². The Morgan fingerprint density at radius 3 is 1.89 bits per heavy atom. The van der Waals surface area contributed by atoms with Gasteiger partial charge in [-0.15, -0.1) is 0 Å². The Labute approximate surface area is 68.9 Å². The number of rotatable bonds is 3. The van der Waals surface area contributed by atoms with Crippen molar-refractivity contribution in [3.8, 4) is 0 Å². The molecule has 0 fully saturated rings. The number of hydrogen-bond donors (Lipinski definition) is 0. The zero-order chi connectivity index (χ0) is 7.54. The second kappa shape index (κ2) is 15.9. The van der Waals surface area contributed by atoms with Crippen molar-refractivity contribution in [3.05, 3.63) is 0 Å². The third kappa shape index (κ3) is 28.3. The molecule has 0 nitrogen and oxygen atoms in total. The zero-order valence-corrected chi connectivity index (χ0v) is 8.15. The third-order valence-electron chi connectivity index (χ3n) is 0.616. The van der Waals surface area contributed by atoms with Gasteiger partial charge in [-0.25, -0.2) is 11.6 Å². The van der Waals surface area contributed by atoms with Crippen LogP contribution in [-0.2, 0) is 0 Å². The van der Waals surface area contributed by atoms with Gasteiger partial charge in [0.25, 0.3) is 0 Å². The van der Waals surface area contributed by atoms with Gasteiger partial charge in [0.15, 0.2) is 7.12 Å². The molecular formula is C6H15BS2. The Morgan fingerprint density at radius 1 is 1.33 bits per heavy atom. The number of hydrogen-bond acceptors (Lipinski definition) is 2. The molecule has 0 aromatic heterocycles. The maximum atomic E-state index is 5.13. The Bertz CT molecular complexity index is 30.2. The molecule has 0 rings (SSSR count). The first-order valence-electron chi connectivity index (χ1n) is 3.05. The fourth-order valence-electron chi connectivity index (χ4n) is 0.228. The second-order valence-corrected chi connectivity index (χ2v) is 3.19. The fourth-order valence-corrected chi connectivity index (χ4v) is 0.683. The first-order valence-corrected chi connectivity index (χ1v) is 5.73. The van der Waals surface area contributed by atoms with Gasteiger partial charge in [0, 0.05) is 0 Å². The minimum absolute atomic E-state index is 1.11. The largest absolute Gasteiger partial charge is 0.227 e. The lowest BCUT2D eigenvalue weighted by atomic mass is 10.4. The molecule has 0 atom stereocenters. The van der Waals surface area contributed by atoms with Crippen molar-refractivity contribution in [1.29, 1.82) is 0 Å². The van der Waals surface area contributed by atoms with Gasteiger partial charge in [0.1, 0.15) is 0 Å². The van der Waals surface area contributed by atoms with Crippen LogP contribution in [-0.4, -0.2) is 25.4 Å². The molecule has 3 heteroatoms. The van der Waals surface area contributed by atoms with E-state index in [0.717, 1.165) is 5.75 Å². The van der Waals surface area contributed by atoms with Crippen LogP contribution in [0, 0.1) is 0 Å². The lowest BCUT2D eigenvalue weighted by Crippen LogP contribution is -1.72. The average molecular weight is 162 g/mol. The molecule has 0 aliphatic heterocycles. The Balaban J connectivity index is 0. The van der Waals surface area contributed by atoms with Crippen molar-refractivity contribution in [2.24, 2.45) is 0 Å². The lowest BCUT2D eigenvalue weighted by molar-refractivity contribution is 0.898. The Hall–Kier alpha value is 0.765. The van der Waals surface area contributed by atoms with E-state index in [1.165, 1.54) is 24.5 Å². The van der Waals surface area contributed by atoms with Gasteiger partial charge in [-0.05, 0) is 24.7 Å². The molecule has 54 valence electrons. The van der Waals surface area contributed by atoms with Crippen LogP contribution in [0.15, 0.2) is 0 Å². The first-order chi connectivity index (χ1) is 4.33. The number of thioether (sulfide) groups is 1. The molecule has 0 saturated heterocycles. The zero-order valence-electron chi connectivity index (χ0n) is 6.52. The molecule has 9 heavy (non-hydrogen) atoms. The van der Waals surface area contributed by atoms with Crippen LogP contribution in [0.4, 0.5) is 0 Å². The predicted octanol–water partition coefficient (Wildman–Crippen LogP) is 2.58. The molecule has 2 radical (unpaired) electrons. The quantitative estimate of drug-likeness (QED) is 0.462. The summed E-state index contributed by atoms with van der Waals surface area (Å²) in [6.07, 6.45) is 6.59. The van der Waals surface area contributed by atoms with E-state index in [1.807, 2.05) is 12.5 Å². The standard InChI is InChI=1S/C4H9BS.C2H6S/c1-2-3-4-6-5;1-3-2/h2-4H2,1H3;1-2H3. The van der Waals surface area contributed by atoms with E-state index >= 15 is 0 Å². The summed E-state index contributed by atoms with van der Waals surface area (Å²) in [5, 5.41) is 0. The van der Waals surface area contributed by atoms with E-state index in [-0.39, 0.29) is 0 Å². The van der Waals surface area contributed by atoms with Crippen molar-refractivity contribution in [2.45, 2.75) is 19.8 Å². The second-order valence-electron chi connectivity index (χ2n) is 1.63. The maximum absolute atomic E-state index is 5.13. The van der Waals surface area contributed by atoms with E-state index in [0.29, 0.717) is 0 Å². The third-order valence-corrected chi connectivity index (χ3v) is 1.14. The molecule has 0 saturated carbocycles. The Kier molecular flexibility index (Phi) is 22.0. The lowest BCUT2D eigenvalue weighted by Gasteiger charge is -1.87. The van der Waals surface area contributed by atoms with Crippen molar-refractivity contribution < 1.29 is 0 Å². The molecule has 0 aromatic rings. The van der Waals surface area contributed by atoms with Crippen LogP contribution in [0.1, 0.15) is 19.8 Å². The van der Waals surface area contributed by atoms with E-state index in [2.05, 4.69) is 6.92 Å². The summed E-state index contributed by atoms with van der Waals surface area (Å²) in [5.74, 6) is 1.11. The van der Waals surface area contributed by atoms with Crippen LogP contribution in [0.2, 0.25) is 0 Å². The van der Waals surface area contributed by atoms with Crippen molar-refractivity contribution in [1.82, 2.24) is 0 Å². The van der Waals surface area contributed by atoms with E-state index < -0.39 is 0 Å². The van der Waals surface area contributed by atoms with Gasteiger partial charge >= 0.3 is 0 Å². The molecule has 0 aliphatic carbocycles. The molecule has 0 N–H and O–H groups in total. The number of unbranched alkanes of at least 4 members (excludes halogenated alkanes) is 1. The Morgan fingerprint density at radius 2 is 1.78 bits per heavy atom. The summed E-state index contributed by atoms with van der Waals surface area (Å²) in [5.41, 5.74) is 0. The van der Waals surface area contributed by atoms with Gasteiger partial charge in [0.05, 0.1) is 0 Å². The highest BCUT2D eigenvalue weighted by Gasteiger charge is 1.75. The van der Waals surface area contributed by atoms with Crippen LogP contribution in [0.3, 0.4) is 0 Å². The van der Waals surface area contributed by atoms with Crippen molar-refractivity contribution >= 4 is 30.5 Å². The SMILES string of the molecule is CSC.[B]SCCCC. The monoisotopic (exact) mass is 162 g/mol. The summed E-state index contributed by atoms with van der Waals surface area (Å²) in [4.78, 5) is 0. The summed E-state index contributed by atoms with van der Waals surface area (Å²) in [6.45, 7) is 2.16. The van der Waals surface area contributed by atoms with E-state index in [1.54, 1.807) is 11.8 Å². The van der Waals surface area contributed by atoms with Gasteiger partial charge < -0.3 is 0 Å². The summed E-state index contributed by atoms with van der Waals surface area (Å²) in [7, 11) is 5.13. The molecule has 0 bridgehead atoms. The van der Waals surface area contributed by atoms with Gasteiger partial charge in [-0.3, -0.25) is 0 Å². The minimum Gasteiger partial charge on any atom is -0.227 e. The summed E-state index contributed by atoms with van der Waals surface area (Å²) >= 11 is 3.18. The highest BCUT2D eigenvalue weighted by atomic mass is 32.2. The topological polar surface area (TPSA) is 0 Å². The van der Waals surface area contributed by atoms with Gasteiger partial charge in [0.2, 0.25) is 0 Å². The molecule has 0 heterocycles. The van der Waals surface area contributed by atoms with Gasteiger partial charge in [-0.1, -0.05) is 13.3 Å². The highest BCUT2D eigenvalue weighted by molar-refractivity contribution is 8.19. The maximum Gasteiger partial charge on any atom is 0.161 e. The highest BCUT2D eigenvalue weighted by Crippen LogP contribution is 1.95. The molecule has 0 unspecified atom stereocenters. The summed E-state index contributed by atoms with van der Waals surface area (Å²) < 4.78 is 0. The van der Waals surface area contributed by atoms with E-state index in [9.17, 15) is 0 Å². The first kappa shape index (κ1) is 12.4. The molecule has 0 spiro atoms. The molecular weight excluding hydrogens is 147 g/mol. The molecule has 0 aromatic carbocycles. The average Bonchev–Trinajstić information content (AvgIpc) is 1.86. The van der Waals surface area contributed by atoms with Crippen molar-refractivity contribution in [3.63, 3.8) is 0 Å². The van der Waals surface area contributed by atoms with Crippen molar-refractivity contribution in [2.75, 3.05) is 18.3 Å². The minimum atomic E-state index is 1.11. The van der Waals surface area contributed by atoms with Crippen LogP contribution in [0.5, 0.6) is 0 Å². The summed E-state index contributed by atoms with van der Waals surface area (Å²) in [6, 6.07) is 0. The van der Waals surface area contributed by atoms with Crippen LogP contribution < -0.4 is 0 Å². The van der Waals surface area contributed by atoms with Gasteiger partial charge in [-0.2, -0.15) is 11.8 Å².